The van der Waals surface area contributed by atoms with Crippen LogP contribution in [-0.4, -0.2) is 5.97 Å². The Kier molecular flexibility index (Phi) is 5.97. The monoisotopic (exact) mass is 276 g/mol. The molecule has 1 rings (SSSR count). The second-order valence-electron chi connectivity index (χ2n) is 4.95. The van der Waals surface area contributed by atoms with E-state index in [0.29, 0.717) is 5.76 Å². The molecule has 4 heteroatoms. The molecule has 0 N–H and O–H groups in total. The van der Waals surface area contributed by atoms with Crippen LogP contribution in [0.3, 0.4) is 0 Å². The Labute approximate surface area is 118 Å². The van der Waals surface area contributed by atoms with E-state index in [1.165, 1.54) is 17.7 Å². The highest BCUT2D eigenvalue weighted by molar-refractivity contribution is 5.84. The number of esters is 1. The Morgan fingerprint density at radius 1 is 1.30 bits per heavy atom. The lowest BCUT2D eigenvalue weighted by molar-refractivity contribution is -0.129. The topological polar surface area (TPSA) is 56.5 Å². The lowest BCUT2D eigenvalue weighted by Gasteiger charge is -2.02. The Morgan fingerprint density at radius 2 is 2.00 bits per heavy atom. The number of carbonyl (C=O) groups excluding carboxylic acids is 1. The summed E-state index contributed by atoms with van der Waals surface area (Å²) >= 11 is 0. The smallest absolute Gasteiger partial charge is 0.339 e. The quantitative estimate of drug-likeness (QED) is 0.469. The summed E-state index contributed by atoms with van der Waals surface area (Å²) in [5.74, 6) is 0.131. The summed E-state index contributed by atoms with van der Waals surface area (Å²) in [7, 11) is 0. The fourth-order valence-corrected chi connectivity index (χ4v) is 1.64. The van der Waals surface area contributed by atoms with E-state index in [2.05, 4.69) is 6.08 Å². The molecule has 0 atom stereocenters. The van der Waals surface area contributed by atoms with Crippen LogP contribution in [0.15, 0.2) is 44.6 Å². The van der Waals surface area contributed by atoms with Gasteiger partial charge in [0.25, 0.3) is 0 Å². The van der Waals surface area contributed by atoms with Crippen LogP contribution in [0.2, 0.25) is 0 Å². The van der Waals surface area contributed by atoms with Gasteiger partial charge < -0.3 is 9.15 Å². The van der Waals surface area contributed by atoms with Gasteiger partial charge in [0.15, 0.2) is 0 Å². The van der Waals surface area contributed by atoms with Crippen LogP contribution in [0.5, 0.6) is 5.75 Å². The van der Waals surface area contributed by atoms with Gasteiger partial charge >= 0.3 is 11.6 Å². The first-order valence-electron chi connectivity index (χ1n) is 6.51. The van der Waals surface area contributed by atoms with Crippen molar-refractivity contribution in [3.63, 3.8) is 0 Å². The largest absolute Gasteiger partial charge is 0.428 e. The SMILES string of the molecule is CC(C)=CCC/C(C)=C/C(=O)Oc1cc(C)oc(=O)c1. The first kappa shape index (κ1) is 16.0. The third-order valence-electron chi connectivity index (χ3n) is 2.54. The molecule has 0 aliphatic rings. The zero-order valence-corrected chi connectivity index (χ0v) is 12.4. The van der Waals surface area contributed by atoms with Gasteiger partial charge in [0, 0.05) is 12.1 Å². The number of aryl methyl sites for hydroxylation is 1. The van der Waals surface area contributed by atoms with Crippen molar-refractivity contribution in [3.8, 4) is 5.75 Å². The molecule has 1 heterocycles. The number of carbonyl (C=O) groups is 1. The van der Waals surface area contributed by atoms with Crippen molar-refractivity contribution >= 4 is 5.97 Å². The van der Waals surface area contributed by atoms with Crippen molar-refractivity contribution in [2.75, 3.05) is 0 Å². The minimum Gasteiger partial charge on any atom is -0.428 e. The average molecular weight is 276 g/mol. The number of hydrogen-bond acceptors (Lipinski definition) is 4. The Balaban J connectivity index is 2.62. The van der Waals surface area contributed by atoms with Gasteiger partial charge in [0.05, 0.1) is 6.07 Å². The molecular weight excluding hydrogens is 256 g/mol. The van der Waals surface area contributed by atoms with Crippen LogP contribution >= 0.6 is 0 Å². The molecule has 0 amide bonds. The molecule has 0 bridgehead atoms. The van der Waals surface area contributed by atoms with E-state index in [-0.39, 0.29) is 5.75 Å². The highest BCUT2D eigenvalue weighted by atomic mass is 16.5. The summed E-state index contributed by atoms with van der Waals surface area (Å²) in [4.78, 5) is 22.8. The van der Waals surface area contributed by atoms with Crippen molar-refractivity contribution < 1.29 is 13.9 Å². The van der Waals surface area contributed by atoms with Gasteiger partial charge in [-0.05, 0) is 40.5 Å². The molecule has 1 aromatic rings. The summed E-state index contributed by atoms with van der Waals surface area (Å²) in [6, 6.07) is 2.66. The van der Waals surface area contributed by atoms with E-state index in [4.69, 9.17) is 9.15 Å². The van der Waals surface area contributed by atoms with Gasteiger partial charge in [0.1, 0.15) is 11.5 Å². The fourth-order valence-electron chi connectivity index (χ4n) is 1.64. The molecule has 0 spiro atoms. The Bertz CT molecular complexity index is 587. The van der Waals surface area contributed by atoms with Crippen LogP contribution in [0.1, 0.15) is 39.4 Å². The third kappa shape index (κ3) is 6.18. The minimum absolute atomic E-state index is 0.206. The van der Waals surface area contributed by atoms with Gasteiger partial charge in [-0.2, -0.15) is 0 Å². The Morgan fingerprint density at radius 3 is 2.60 bits per heavy atom. The van der Waals surface area contributed by atoms with Gasteiger partial charge in [0.2, 0.25) is 0 Å². The summed E-state index contributed by atoms with van der Waals surface area (Å²) in [5.41, 5.74) is 1.66. The standard InChI is InChI=1S/C16H20O4/c1-11(2)6-5-7-12(3)8-15(17)20-14-9-13(4)19-16(18)10-14/h6,8-10H,5,7H2,1-4H3/b12-8+. The van der Waals surface area contributed by atoms with Crippen molar-refractivity contribution in [2.45, 2.75) is 40.5 Å². The summed E-state index contributed by atoms with van der Waals surface area (Å²) < 4.78 is 9.87. The van der Waals surface area contributed by atoms with Crippen molar-refractivity contribution in [1.82, 2.24) is 0 Å². The molecule has 20 heavy (non-hydrogen) atoms. The number of hydrogen-bond donors (Lipinski definition) is 0. The first-order chi connectivity index (χ1) is 9.36. The van der Waals surface area contributed by atoms with Crippen LogP contribution < -0.4 is 10.4 Å². The van der Waals surface area contributed by atoms with E-state index in [9.17, 15) is 9.59 Å². The molecule has 0 saturated heterocycles. The van der Waals surface area contributed by atoms with Crippen molar-refractivity contribution in [1.29, 1.82) is 0 Å². The summed E-state index contributed by atoms with van der Waals surface area (Å²) in [6.45, 7) is 7.58. The van der Waals surface area contributed by atoms with E-state index in [0.717, 1.165) is 24.5 Å². The first-order valence-corrected chi connectivity index (χ1v) is 6.51. The van der Waals surface area contributed by atoms with E-state index < -0.39 is 11.6 Å². The van der Waals surface area contributed by atoms with Gasteiger partial charge in [-0.3, -0.25) is 0 Å². The van der Waals surface area contributed by atoms with Crippen LogP contribution in [0.25, 0.3) is 0 Å². The maximum absolute atomic E-state index is 11.7. The molecule has 0 fully saturated rings. The van der Waals surface area contributed by atoms with Crippen molar-refractivity contribution in [2.24, 2.45) is 0 Å². The molecule has 108 valence electrons. The van der Waals surface area contributed by atoms with Crippen LogP contribution in [-0.2, 0) is 4.79 Å². The predicted molar refractivity (Wildman–Crippen MR) is 77.8 cm³/mol. The Hall–Kier alpha value is -2.10. The van der Waals surface area contributed by atoms with Crippen LogP contribution in [0, 0.1) is 6.92 Å². The highest BCUT2D eigenvalue weighted by Crippen LogP contribution is 2.11. The minimum atomic E-state index is -0.531. The average Bonchev–Trinajstić information content (AvgIpc) is 2.25. The third-order valence-corrected chi connectivity index (χ3v) is 2.54. The second-order valence-corrected chi connectivity index (χ2v) is 4.95. The molecule has 0 unspecified atom stereocenters. The number of rotatable bonds is 5. The van der Waals surface area contributed by atoms with Gasteiger partial charge in [-0.15, -0.1) is 0 Å². The van der Waals surface area contributed by atoms with Crippen LogP contribution in [0.4, 0.5) is 0 Å². The molecule has 1 aromatic heterocycles. The van der Waals surface area contributed by atoms with E-state index in [1.807, 2.05) is 20.8 Å². The molecule has 0 saturated carbocycles. The molecule has 0 aliphatic heterocycles. The molecule has 0 radical (unpaired) electrons. The number of ether oxygens (including phenoxy) is 1. The summed E-state index contributed by atoms with van der Waals surface area (Å²) in [5, 5.41) is 0. The summed E-state index contributed by atoms with van der Waals surface area (Å²) in [6.07, 6.45) is 5.26. The van der Waals surface area contributed by atoms with Crippen molar-refractivity contribution in [3.05, 3.63) is 51.6 Å². The maximum Gasteiger partial charge on any atom is 0.339 e. The fraction of sp³-hybridized carbons (Fsp3) is 0.375. The van der Waals surface area contributed by atoms with E-state index >= 15 is 0 Å². The zero-order chi connectivity index (χ0) is 15.1. The zero-order valence-electron chi connectivity index (χ0n) is 12.4. The molecule has 0 aromatic carbocycles. The van der Waals surface area contributed by atoms with Gasteiger partial charge in [-0.1, -0.05) is 17.2 Å². The number of allylic oxidation sites excluding steroid dienone is 3. The highest BCUT2D eigenvalue weighted by Gasteiger charge is 2.05. The van der Waals surface area contributed by atoms with Gasteiger partial charge in [-0.25, -0.2) is 9.59 Å². The lowest BCUT2D eigenvalue weighted by atomic mass is 10.1. The predicted octanol–water partition coefficient (Wildman–Crippen LogP) is 3.55. The van der Waals surface area contributed by atoms with E-state index in [1.54, 1.807) is 6.92 Å². The maximum atomic E-state index is 11.7. The molecular formula is C16H20O4. The lowest BCUT2D eigenvalue weighted by Crippen LogP contribution is -2.08. The molecule has 4 nitrogen and oxygen atoms in total. The second kappa shape index (κ2) is 7.48. The molecule has 0 aliphatic carbocycles. The normalized spacial score (nSPS) is 11.1.